The molecule has 4 aliphatic rings. The number of urea groups is 1. The van der Waals surface area contributed by atoms with Crippen molar-refractivity contribution in [3.63, 3.8) is 0 Å². The molecule has 0 aliphatic carbocycles. The predicted octanol–water partition coefficient (Wildman–Crippen LogP) is 5.36. The van der Waals surface area contributed by atoms with Crippen molar-refractivity contribution in [2.24, 2.45) is 0 Å². The number of hydrogen-bond acceptors (Lipinski definition) is 6. The first-order chi connectivity index (χ1) is 22.7. The van der Waals surface area contributed by atoms with Crippen LogP contribution in [0.4, 0.5) is 15.3 Å². The van der Waals surface area contributed by atoms with Crippen LogP contribution in [0.2, 0.25) is 0 Å². The maximum atomic E-state index is 14.0. The van der Waals surface area contributed by atoms with Crippen LogP contribution >= 0.6 is 31.9 Å². The van der Waals surface area contributed by atoms with E-state index in [0.717, 1.165) is 76.8 Å². The molecule has 0 radical (unpaired) electrons. The normalized spacial score (nSPS) is 21.2. The highest BCUT2D eigenvalue weighted by atomic mass is 79.9. The van der Waals surface area contributed by atoms with Crippen LogP contribution in [0.1, 0.15) is 42.4 Å². The van der Waals surface area contributed by atoms with Gasteiger partial charge < -0.3 is 29.7 Å². The van der Waals surface area contributed by atoms with Crippen LogP contribution in [-0.2, 0) is 22.4 Å². The maximum absolute atomic E-state index is 14.0. The second-order valence-electron chi connectivity index (χ2n) is 13.4. The zero-order valence-electron chi connectivity index (χ0n) is 27.4. The minimum Gasteiger partial charge on any atom is -0.436 e. The second-order valence-corrected chi connectivity index (χ2v) is 15.1. The number of para-hydroxylation sites is 1. The zero-order valence-corrected chi connectivity index (χ0v) is 30.6. The summed E-state index contributed by atoms with van der Waals surface area (Å²) in [5, 5.41) is 3.06. The molecular weight excluding hydrogens is 728 g/mol. The van der Waals surface area contributed by atoms with E-state index in [-0.39, 0.29) is 18.0 Å². The number of piperidine rings is 2. The molecule has 1 N–H and O–H groups in total. The number of anilines is 1. The molecule has 254 valence electrons. The average molecular weight is 775 g/mol. The highest BCUT2D eigenvalue weighted by molar-refractivity contribution is 9.11. The quantitative estimate of drug-likeness (QED) is 0.426. The Morgan fingerprint density at radius 2 is 1.49 bits per heavy atom. The van der Waals surface area contributed by atoms with E-state index in [9.17, 15) is 14.4 Å². The van der Waals surface area contributed by atoms with Crippen molar-refractivity contribution >= 4 is 55.6 Å². The molecule has 47 heavy (non-hydrogen) atoms. The number of carbonyl (C=O) groups excluding carboxylic acids is 3. The van der Waals surface area contributed by atoms with Gasteiger partial charge in [-0.3, -0.25) is 9.69 Å². The molecule has 4 heterocycles. The van der Waals surface area contributed by atoms with Gasteiger partial charge in [0.25, 0.3) is 5.91 Å². The van der Waals surface area contributed by atoms with Gasteiger partial charge in [-0.05, 0) is 81.0 Å². The molecular formula is C35H46Br2N6O4. The molecule has 6 rings (SSSR count). The van der Waals surface area contributed by atoms with Crippen LogP contribution < -0.4 is 5.32 Å². The number of carbonyl (C=O) groups is 3. The van der Waals surface area contributed by atoms with E-state index in [0.29, 0.717) is 58.0 Å². The number of halogens is 2. The molecule has 12 heteroatoms. The second kappa shape index (κ2) is 15.3. The van der Waals surface area contributed by atoms with Crippen molar-refractivity contribution in [2.75, 3.05) is 71.3 Å². The van der Waals surface area contributed by atoms with Crippen LogP contribution in [0.25, 0.3) is 0 Å². The minimum absolute atomic E-state index is 0.0367. The van der Waals surface area contributed by atoms with Crippen molar-refractivity contribution in [1.82, 2.24) is 24.5 Å². The van der Waals surface area contributed by atoms with Crippen molar-refractivity contribution < 1.29 is 19.1 Å². The highest BCUT2D eigenvalue weighted by Crippen LogP contribution is 2.29. The van der Waals surface area contributed by atoms with Gasteiger partial charge in [0, 0.05) is 92.0 Å². The third-order valence-corrected chi connectivity index (χ3v) is 12.1. The lowest BCUT2D eigenvalue weighted by Gasteiger charge is -2.42. The maximum Gasteiger partial charge on any atom is 0.410 e. The number of benzene rings is 2. The lowest BCUT2D eigenvalue weighted by molar-refractivity contribution is -0.142. The number of piperazine rings is 1. The first-order valence-corrected chi connectivity index (χ1v) is 18.5. The first-order valence-electron chi connectivity index (χ1n) is 16.9. The number of amides is 4. The van der Waals surface area contributed by atoms with Crippen LogP contribution in [0, 0.1) is 6.92 Å². The Bertz CT molecular complexity index is 1430. The molecule has 2 aromatic carbocycles. The number of hydrogen-bond donors (Lipinski definition) is 1. The minimum atomic E-state index is -0.920. The van der Waals surface area contributed by atoms with Crippen LogP contribution in [-0.4, -0.2) is 127 Å². The van der Waals surface area contributed by atoms with Gasteiger partial charge in [-0.1, -0.05) is 50.1 Å². The SMILES string of the molecule is Cc1c(Br)cc(C[C@@H](OC(=O)N2CCC(N3CCc4ccccc4NC3=O)CC2)C(=O)N2CCC(N3CCN(C)CC3)CC2)cc1Br. The van der Waals surface area contributed by atoms with E-state index in [1.807, 2.05) is 47.1 Å². The Hall–Kier alpha value is -2.67. The Morgan fingerprint density at radius 1 is 0.872 bits per heavy atom. The van der Waals surface area contributed by atoms with Gasteiger partial charge in [-0.25, -0.2) is 9.59 Å². The highest BCUT2D eigenvalue weighted by Gasteiger charge is 2.36. The van der Waals surface area contributed by atoms with Crippen molar-refractivity contribution in [3.05, 3.63) is 62.0 Å². The summed E-state index contributed by atoms with van der Waals surface area (Å²) in [7, 11) is 2.17. The number of likely N-dealkylation sites (N-methyl/N-ethyl adjacent to an activating group) is 1. The molecule has 3 saturated heterocycles. The Morgan fingerprint density at radius 3 is 2.17 bits per heavy atom. The zero-order chi connectivity index (χ0) is 33.1. The number of nitrogens with one attached hydrogen (secondary N) is 1. The molecule has 4 amide bonds. The molecule has 0 saturated carbocycles. The van der Waals surface area contributed by atoms with E-state index >= 15 is 0 Å². The molecule has 0 unspecified atom stereocenters. The molecule has 1 atom stereocenters. The van der Waals surface area contributed by atoms with Crippen molar-refractivity contribution in [1.29, 1.82) is 0 Å². The van der Waals surface area contributed by atoms with Crippen LogP contribution in [0.15, 0.2) is 45.3 Å². The van der Waals surface area contributed by atoms with Gasteiger partial charge in [0.05, 0.1) is 0 Å². The van der Waals surface area contributed by atoms with Gasteiger partial charge in [-0.15, -0.1) is 0 Å². The molecule has 2 aromatic rings. The summed E-state index contributed by atoms with van der Waals surface area (Å²) in [5.74, 6) is -0.126. The van der Waals surface area contributed by atoms with E-state index in [1.165, 1.54) is 0 Å². The monoisotopic (exact) mass is 772 g/mol. The summed E-state index contributed by atoms with van der Waals surface area (Å²) >= 11 is 7.27. The van der Waals surface area contributed by atoms with E-state index in [4.69, 9.17) is 4.74 Å². The summed E-state index contributed by atoms with van der Waals surface area (Å²) in [6.45, 7) is 9.23. The van der Waals surface area contributed by atoms with Crippen molar-refractivity contribution in [2.45, 2.75) is 63.6 Å². The third-order valence-electron chi connectivity index (χ3n) is 10.4. The summed E-state index contributed by atoms with van der Waals surface area (Å²) in [6.07, 6.45) is 2.89. The van der Waals surface area contributed by atoms with Crippen LogP contribution in [0.3, 0.4) is 0 Å². The molecule has 0 bridgehead atoms. The third kappa shape index (κ3) is 8.14. The molecule has 0 aromatic heterocycles. The Labute approximate surface area is 295 Å². The van der Waals surface area contributed by atoms with E-state index in [2.05, 4.69) is 60.1 Å². The summed E-state index contributed by atoms with van der Waals surface area (Å²) in [5.41, 5.74) is 3.99. The largest absolute Gasteiger partial charge is 0.436 e. The lowest BCUT2D eigenvalue weighted by atomic mass is 10.00. The number of fused-ring (bicyclic) bond motifs is 1. The van der Waals surface area contributed by atoms with Gasteiger partial charge in [0.15, 0.2) is 6.10 Å². The van der Waals surface area contributed by atoms with Gasteiger partial charge in [0.1, 0.15) is 0 Å². The Kier molecular flexibility index (Phi) is 11.1. The lowest BCUT2D eigenvalue weighted by Crippen LogP contribution is -2.54. The fourth-order valence-corrected chi connectivity index (χ4v) is 8.63. The number of ether oxygens (including phenoxy) is 1. The fourth-order valence-electron chi connectivity index (χ4n) is 7.35. The number of rotatable bonds is 6. The van der Waals surface area contributed by atoms with Crippen LogP contribution in [0.5, 0.6) is 0 Å². The smallest absolute Gasteiger partial charge is 0.410 e. The predicted molar refractivity (Wildman–Crippen MR) is 190 cm³/mol. The fraction of sp³-hybridized carbons (Fsp3) is 0.571. The summed E-state index contributed by atoms with van der Waals surface area (Å²) < 4.78 is 7.97. The molecule has 10 nitrogen and oxygen atoms in total. The van der Waals surface area contributed by atoms with Gasteiger partial charge >= 0.3 is 12.1 Å². The summed E-state index contributed by atoms with van der Waals surface area (Å²) in [6, 6.07) is 12.4. The Balaban J connectivity index is 1.08. The standard InChI is InChI=1S/C35H46Br2N6O4/c1-24-29(36)21-25(22-30(24)37)23-32(33(44)41-12-8-27(9-13-41)40-19-17-39(2)18-20-40)47-35(46)42-14-10-28(11-15-42)43-16-7-26-5-3-4-6-31(26)38-34(43)45/h3-6,21-22,27-28,32H,7-20,23H2,1-2H3,(H,38,45)/t32-/m1/s1. The topological polar surface area (TPSA) is 88.7 Å². The first kappa shape index (κ1) is 34.2. The van der Waals surface area contributed by atoms with Gasteiger partial charge in [-0.2, -0.15) is 0 Å². The average Bonchev–Trinajstić information content (AvgIpc) is 3.25. The van der Waals surface area contributed by atoms with E-state index < -0.39 is 12.2 Å². The molecule has 4 aliphatic heterocycles. The van der Waals surface area contributed by atoms with Gasteiger partial charge in [0.2, 0.25) is 0 Å². The number of nitrogens with zero attached hydrogens (tertiary/aromatic N) is 5. The summed E-state index contributed by atoms with van der Waals surface area (Å²) in [4.78, 5) is 51.2. The number of likely N-dealkylation sites (tertiary alicyclic amines) is 2. The van der Waals surface area contributed by atoms with Crippen molar-refractivity contribution in [3.8, 4) is 0 Å². The molecule has 0 spiro atoms. The molecule has 3 fully saturated rings. The van der Waals surface area contributed by atoms with E-state index in [1.54, 1.807) is 4.90 Å².